The SMILES string of the molecule is C=Cc1ccc2ccc[nH+]c2c1/C([O-])=C\CC.[Be+2].[O-]c1cccc2ccc3cccnc3c12. The number of allylic oxidation sites excluding steroid dienone is 1. The van der Waals surface area contributed by atoms with Gasteiger partial charge in [0.25, 0.3) is 0 Å². The molecule has 0 radical (unpaired) electrons. The van der Waals surface area contributed by atoms with Gasteiger partial charge >= 0.3 is 10.1 Å². The molecule has 3 aromatic carbocycles. The third-order valence-electron chi connectivity index (χ3n) is 5.30. The summed E-state index contributed by atoms with van der Waals surface area (Å²) < 4.78 is 0. The molecule has 0 aliphatic carbocycles. The van der Waals surface area contributed by atoms with E-state index in [0.717, 1.165) is 44.6 Å². The average Bonchev–Trinajstić information content (AvgIpc) is 2.83. The molecular weight excluding hydrogens is 405 g/mol. The second-order valence-corrected chi connectivity index (χ2v) is 7.34. The maximum atomic E-state index is 12.1. The van der Waals surface area contributed by atoms with Crippen LogP contribution in [0.3, 0.4) is 0 Å². The molecule has 5 rings (SSSR count). The smallest absolute Gasteiger partial charge is 0.872 e. The molecule has 4 nitrogen and oxygen atoms in total. The van der Waals surface area contributed by atoms with Crippen LogP contribution in [0.2, 0.25) is 0 Å². The molecule has 0 amide bonds. The van der Waals surface area contributed by atoms with Crippen LogP contribution in [0.15, 0.2) is 91.8 Å². The maximum absolute atomic E-state index is 12.1. The van der Waals surface area contributed by atoms with Gasteiger partial charge < -0.3 is 10.2 Å². The van der Waals surface area contributed by atoms with E-state index >= 15 is 0 Å². The van der Waals surface area contributed by atoms with Gasteiger partial charge in [0.15, 0.2) is 6.20 Å². The fraction of sp³-hybridized carbons (Fsp3) is 0.0714. The third kappa shape index (κ3) is 4.76. The molecule has 0 fully saturated rings. The molecule has 2 heterocycles. The Morgan fingerprint density at radius 1 is 0.970 bits per heavy atom. The van der Waals surface area contributed by atoms with Crippen molar-refractivity contribution in [3.63, 3.8) is 0 Å². The Morgan fingerprint density at radius 3 is 2.48 bits per heavy atom. The largest absolute Gasteiger partial charge is 2.00 e. The predicted octanol–water partition coefficient (Wildman–Crippen LogP) is 4.49. The minimum absolute atomic E-state index is 0. The number of pyridine rings is 2. The molecule has 0 saturated carbocycles. The number of fused-ring (bicyclic) bond motifs is 4. The van der Waals surface area contributed by atoms with Crippen molar-refractivity contribution < 1.29 is 15.2 Å². The minimum atomic E-state index is 0. The monoisotopic (exact) mass is 428 g/mol. The maximum Gasteiger partial charge on any atom is 2.00 e. The van der Waals surface area contributed by atoms with Crippen molar-refractivity contribution in [2.75, 3.05) is 0 Å². The third-order valence-corrected chi connectivity index (χ3v) is 5.30. The number of hydrogen-bond donors (Lipinski definition) is 0. The molecule has 0 aliphatic heterocycles. The second-order valence-electron chi connectivity index (χ2n) is 7.34. The van der Waals surface area contributed by atoms with E-state index in [9.17, 15) is 10.2 Å². The topological polar surface area (TPSA) is 73.2 Å². The van der Waals surface area contributed by atoms with Gasteiger partial charge in [-0.25, -0.2) is 4.98 Å². The van der Waals surface area contributed by atoms with Gasteiger partial charge in [0, 0.05) is 34.0 Å². The van der Waals surface area contributed by atoms with Crippen molar-refractivity contribution in [1.29, 1.82) is 0 Å². The number of nitrogens with zero attached hydrogens (tertiary/aromatic N) is 1. The van der Waals surface area contributed by atoms with Gasteiger partial charge in [-0.3, -0.25) is 4.98 Å². The van der Waals surface area contributed by atoms with Crippen LogP contribution in [0.5, 0.6) is 5.75 Å². The zero-order valence-corrected chi connectivity index (χ0v) is 18.5. The first-order valence-corrected chi connectivity index (χ1v) is 10.5. The summed E-state index contributed by atoms with van der Waals surface area (Å²) in [5.41, 5.74) is 3.25. The van der Waals surface area contributed by atoms with Gasteiger partial charge in [-0.1, -0.05) is 79.6 Å². The Labute approximate surface area is 196 Å². The summed E-state index contributed by atoms with van der Waals surface area (Å²) in [4.78, 5) is 7.42. The minimum Gasteiger partial charge on any atom is -0.872 e. The Hall–Kier alpha value is -4.01. The summed E-state index contributed by atoms with van der Waals surface area (Å²) in [5, 5.41) is 27.6. The average molecular weight is 429 g/mol. The van der Waals surface area contributed by atoms with E-state index in [0.29, 0.717) is 5.56 Å². The van der Waals surface area contributed by atoms with Crippen LogP contribution in [0, 0.1) is 0 Å². The first kappa shape index (κ1) is 23.6. The summed E-state index contributed by atoms with van der Waals surface area (Å²) >= 11 is 0. The molecule has 0 unspecified atom stereocenters. The van der Waals surface area contributed by atoms with E-state index < -0.39 is 0 Å². The van der Waals surface area contributed by atoms with E-state index in [1.165, 1.54) is 0 Å². The molecule has 0 saturated heterocycles. The summed E-state index contributed by atoms with van der Waals surface area (Å²) in [5.74, 6) is 0.0900. The van der Waals surface area contributed by atoms with E-state index in [1.54, 1.807) is 30.5 Å². The number of rotatable bonds is 3. The summed E-state index contributed by atoms with van der Waals surface area (Å²) in [6.07, 6.45) is 7.70. The number of H-pyrrole nitrogens is 1. The molecule has 0 bridgehead atoms. The molecule has 1 N–H and O–H groups in total. The van der Waals surface area contributed by atoms with Crippen LogP contribution in [0.4, 0.5) is 0 Å². The van der Waals surface area contributed by atoms with Crippen LogP contribution in [-0.4, -0.2) is 15.1 Å². The summed E-state index contributed by atoms with van der Waals surface area (Å²) in [6.45, 7) is 5.72. The Morgan fingerprint density at radius 2 is 1.70 bits per heavy atom. The number of aromatic nitrogens is 2. The molecule has 158 valence electrons. The van der Waals surface area contributed by atoms with Crippen molar-refractivity contribution >= 4 is 54.5 Å². The van der Waals surface area contributed by atoms with Crippen LogP contribution in [-0.2, 0) is 0 Å². The van der Waals surface area contributed by atoms with Crippen molar-refractivity contribution in [2.45, 2.75) is 13.3 Å². The molecule has 33 heavy (non-hydrogen) atoms. The van der Waals surface area contributed by atoms with Crippen LogP contribution < -0.4 is 15.2 Å². The number of aromatic amines is 1. The quantitative estimate of drug-likeness (QED) is 0.241. The molecule has 0 atom stereocenters. The fourth-order valence-electron chi connectivity index (χ4n) is 3.82. The zero-order valence-electron chi connectivity index (χ0n) is 18.5. The molecule has 5 aromatic rings. The van der Waals surface area contributed by atoms with Gasteiger partial charge in [0.1, 0.15) is 0 Å². The van der Waals surface area contributed by atoms with Crippen molar-refractivity contribution in [2.24, 2.45) is 0 Å². The van der Waals surface area contributed by atoms with Gasteiger partial charge in [-0.15, -0.1) is 0 Å². The second kappa shape index (κ2) is 10.5. The standard InChI is InChI=1S/C15H15NO.C13H9NO.Be/c1-3-6-13(17)14-11(4-2)8-9-12-7-5-10-16-15(12)14;15-11-5-1-3-9-6-7-10-4-2-8-14-13(10)12(9)11;/h4-10,17H,2-3H2,1H3;1-8,15H;/q;;+2/p-1/b13-6+;;. The van der Waals surface area contributed by atoms with Crippen LogP contribution in [0.1, 0.15) is 24.5 Å². The van der Waals surface area contributed by atoms with Crippen molar-refractivity contribution in [1.82, 2.24) is 4.98 Å². The molecule has 2 aromatic heterocycles. The fourth-order valence-corrected chi connectivity index (χ4v) is 3.82. The Kier molecular flexibility index (Phi) is 7.55. The molecular formula is C28H23BeN2O2+. The zero-order chi connectivity index (χ0) is 22.5. The van der Waals surface area contributed by atoms with Gasteiger partial charge in [-0.05, 0) is 35.6 Å². The van der Waals surface area contributed by atoms with Gasteiger partial charge in [0.05, 0.1) is 5.52 Å². The van der Waals surface area contributed by atoms with E-state index in [1.807, 2.05) is 67.7 Å². The first-order valence-electron chi connectivity index (χ1n) is 10.5. The van der Waals surface area contributed by atoms with Gasteiger partial charge in [0.2, 0.25) is 5.52 Å². The number of benzene rings is 3. The van der Waals surface area contributed by atoms with Gasteiger partial charge in [-0.2, -0.15) is 0 Å². The van der Waals surface area contributed by atoms with Crippen molar-refractivity contribution in [3.05, 3.63) is 103 Å². The van der Waals surface area contributed by atoms with E-state index in [-0.39, 0.29) is 21.6 Å². The molecule has 5 heteroatoms. The number of nitrogens with one attached hydrogen (secondary N) is 1. The number of hydrogen-bond acceptors (Lipinski definition) is 3. The molecule has 0 aliphatic rings. The first-order chi connectivity index (χ1) is 15.6. The van der Waals surface area contributed by atoms with Crippen molar-refractivity contribution in [3.8, 4) is 5.75 Å². The molecule has 0 spiro atoms. The Bertz CT molecular complexity index is 1460. The van der Waals surface area contributed by atoms with E-state index in [4.69, 9.17) is 0 Å². The normalized spacial score (nSPS) is 11.0. The van der Waals surface area contributed by atoms with Crippen LogP contribution >= 0.6 is 0 Å². The summed E-state index contributed by atoms with van der Waals surface area (Å²) in [6, 6.07) is 20.9. The summed E-state index contributed by atoms with van der Waals surface area (Å²) in [7, 11) is 0. The van der Waals surface area contributed by atoms with E-state index in [2.05, 4.69) is 16.5 Å². The van der Waals surface area contributed by atoms with Crippen LogP contribution in [0.25, 0.3) is 44.4 Å². The predicted molar refractivity (Wildman–Crippen MR) is 133 cm³/mol. The Balaban J connectivity index is 0.000000181.